The second-order valence-electron chi connectivity index (χ2n) is 5.62. The van der Waals surface area contributed by atoms with Crippen molar-refractivity contribution in [3.8, 4) is 5.75 Å². The number of benzene rings is 1. The highest BCUT2D eigenvalue weighted by atomic mass is 16.3. The average molecular weight is 246 g/mol. The van der Waals surface area contributed by atoms with Crippen LogP contribution >= 0.6 is 0 Å². The fraction of sp³-hybridized carbons (Fsp3) is 0.600. The number of nitrogens with one attached hydrogen (secondary N) is 1. The van der Waals surface area contributed by atoms with Gasteiger partial charge in [0.1, 0.15) is 5.75 Å². The van der Waals surface area contributed by atoms with Crippen molar-refractivity contribution in [2.75, 3.05) is 26.2 Å². The van der Waals surface area contributed by atoms with Gasteiger partial charge in [-0.2, -0.15) is 0 Å². The van der Waals surface area contributed by atoms with Gasteiger partial charge < -0.3 is 15.3 Å². The van der Waals surface area contributed by atoms with Crippen molar-refractivity contribution in [1.29, 1.82) is 0 Å². The van der Waals surface area contributed by atoms with Gasteiger partial charge in [0.15, 0.2) is 0 Å². The average Bonchev–Trinajstić information content (AvgIpc) is 2.42. The molecule has 18 heavy (non-hydrogen) atoms. The van der Waals surface area contributed by atoms with E-state index in [-0.39, 0.29) is 0 Å². The predicted molar refractivity (Wildman–Crippen MR) is 72.8 cm³/mol. The molecule has 0 spiro atoms. The van der Waals surface area contributed by atoms with Gasteiger partial charge in [-0.1, -0.05) is 12.1 Å². The topological polar surface area (TPSA) is 35.5 Å². The third-order valence-electron chi connectivity index (χ3n) is 4.41. The molecule has 3 aliphatic heterocycles. The molecule has 1 unspecified atom stereocenters. The van der Waals surface area contributed by atoms with Crippen LogP contribution in [0.15, 0.2) is 24.3 Å². The van der Waals surface area contributed by atoms with Crippen LogP contribution in [0.1, 0.15) is 18.4 Å². The summed E-state index contributed by atoms with van der Waals surface area (Å²) in [7, 11) is 0. The van der Waals surface area contributed by atoms with E-state index in [4.69, 9.17) is 0 Å². The van der Waals surface area contributed by atoms with Crippen LogP contribution < -0.4 is 5.32 Å². The van der Waals surface area contributed by atoms with Crippen LogP contribution in [0.25, 0.3) is 0 Å². The molecule has 4 rings (SSSR count). The van der Waals surface area contributed by atoms with Crippen molar-refractivity contribution in [3.05, 3.63) is 29.8 Å². The molecule has 3 heteroatoms. The largest absolute Gasteiger partial charge is 0.508 e. The third-order valence-corrected chi connectivity index (χ3v) is 4.41. The first kappa shape index (κ1) is 12.0. The monoisotopic (exact) mass is 246 g/mol. The molecule has 1 aromatic carbocycles. The summed E-state index contributed by atoms with van der Waals surface area (Å²) in [5.74, 6) is 1.25. The van der Waals surface area contributed by atoms with Crippen LogP contribution in [0.2, 0.25) is 0 Å². The van der Waals surface area contributed by atoms with Gasteiger partial charge in [0.25, 0.3) is 0 Å². The maximum absolute atomic E-state index is 9.24. The molecule has 0 aromatic heterocycles. The quantitative estimate of drug-likeness (QED) is 0.847. The summed E-state index contributed by atoms with van der Waals surface area (Å²) in [5, 5.41) is 12.9. The standard InChI is InChI=1S/C15H22N2O/c18-14-3-1-12(2-4-14)5-8-16-15-11-17-9-6-13(15)7-10-17/h1-4,13,15-16,18H,5-11H2. The molecule has 3 fully saturated rings. The first-order valence-electron chi connectivity index (χ1n) is 7.05. The van der Waals surface area contributed by atoms with Gasteiger partial charge in [-0.15, -0.1) is 0 Å². The molecule has 0 saturated carbocycles. The Hall–Kier alpha value is -1.06. The van der Waals surface area contributed by atoms with E-state index >= 15 is 0 Å². The fourth-order valence-electron chi connectivity index (χ4n) is 3.26. The molecular weight excluding hydrogens is 224 g/mol. The number of nitrogens with zero attached hydrogens (tertiary/aromatic N) is 1. The number of hydrogen-bond donors (Lipinski definition) is 2. The van der Waals surface area contributed by atoms with E-state index in [1.807, 2.05) is 12.1 Å². The minimum absolute atomic E-state index is 0.351. The van der Waals surface area contributed by atoms with Crippen LogP contribution in [0.4, 0.5) is 0 Å². The van der Waals surface area contributed by atoms with Crippen molar-refractivity contribution >= 4 is 0 Å². The minimum atomic E-state index is 0.351. The second-order valence-corrected chi connectivity index (χ2v) is 5.62. The Bertz CT molecular complexity index is 382. The van der Waals surface area contributed by atoms with Crippen LogP contribution in [-0.4, -0.2) is 42.2 Å². The highest BCUT2D eigenvalue weighted by Crippen LogP contribution is 2.27. The Balaban J connectivity index is 1.46. The number of hydrogen-bond acceptors (Lipinski definition) is 3. The maximum atomic E-state index is 9.24. The summed E-state index contributed by atoms with van der Waals surface area (Å²) in [4.78, 5) is 2.58. The molecule has 0 radical (unpaired) electrons. The lowest BCUT2D eigenvalue weighted by Crippen LogP contribution is -2.56. The molecule has 98 valence electrons. The number of piperidine rings is 3. The summed E-state index contributed by atoms with van der Waals surface area (Å²) in [6, 6.07) is 8.25. The molecule has 3 heterocycles. The van der Waals surface area contributed by atoms with E-state index in [1.54, 1.807) is 12.1 Å². The van der Waals surface area contributed by atoms with E-state index in [2.05, 4.69) is 10.2 Å². The van der Waals surface area contributed by atoms with E-state index in [0.717, 1.165) is 18.9 Å². The van der Waals surface area contributed by atoms with Gasteiger partial charge in [-0.05, 0) is 62.5 Å². The van der Waals surface area contributed by atoms with Crippen LogP contribution in [0.5, 0.6) is 5.75 Å². The van der Waals surface area contributed by atoms with Crippen LogP contribution in [0.3, 0.4) is 0 Å². The van der Waals surface area contributed by atoms with Crippen LogP contribution in [-0.2, 0) is 6.42 Å². The maximum Gasteiger partial charge on any atom is 0.115 e. The molecule has 1 atom stereocenters. The summed E-state index contributed by atoms with van der Waals surface area (Å²) in [6.07, 6.45) is 3.79. The fourth-order valence-corrected chi connectivity index (χ4v) is 3.26. The Morgan fingerprint density at radius 3 is 2.50 bits per heavy atom. The summed E-state index contributed by atoms with van der Waals surface area (Å²) >= 11 is 0. The smallest absolute Gasteiger partial charge is 0.115 e. The van der Waals surface area contributed by atoms with Crippen molar-refractivity contribution in [2.45, 2.75) is 25.3 Å². The molecule has 3 nitrogen and oxygen atoms in total. The Labute approximate surface area is 109 Å². The first-order chi connectivity index (χ1) is 8.81. The summed E-state index contributed by atoms with van der Waals surface area (Å²) in [6.45, 7) is 4.89. The molecule has 1 aromatic rings. The predicted octanol–water partition coefficient (Wildman–Crippen LogP) is 1.62. The van der Waals surface area contributed by atoms with Crippen molar-refractivity contribution < 1.29 is 5.11 Å². The summed E-state index contributed by atoms with van der Waals surface area (Å²) < 4.78 is 0. The molecule has 3 saturated heterocycles. The highest BCUT2D eigenvalue weighted by molar-refractivity contribution is 5.26. The summed E-state index contributed by atoms with van der Waals surface area (Å²) in [5.41, 5.74) is 1.29. The number of fused-ring (bicyclic) bond motifs is 3. The van der Waals surface area contributed by atoms with Gasteiger partial charge >= 0.3 is 0 Å². The van der Waals surface area contributed by atoms with Gasteiger partial charge in [0.05, 0.1) is 0 Å². The van der Waals surface area contributed by atoms with Gasteiger partial charge in [0, 0.05) is 12.6 Å². The number of phenolic OH excluding ortho intramolecular Hbond substituents is 1. The van der Waals surface area contributed by atoms with Crippen LogP contribution in [0, 0.1) is 5.92 Å². The zero-order valence-electron chi connectivity index (χ0n) is 10.8. The van der Waals surface area contributed by atoms with Crippen molar-refractivity contribution in [1.82, 2.24) is 10.2 Å². The zero-order valence-corrected chi connectivity index (χ0v) is 10.8. The zero-order chi connectivity index (χ0) is 12.4. The van der Waals surface area contributed by atoms with Crippen molar-refractivity contribution in [2.24, 2.45) is 5.92 Å². The first-order valence-corrected chi connectivity index (χ1v) is 7.05. The number of rotatable bonds is 4. The van der Waals surface area contributed by atoms with E-state index in [0.29, 0.717) is 11.8 Å². The van der Waals surface area contributed by atoms with Gasteiger partial charge in [-0.3, -0.25) is 0 Å². The SMILES string of the molecule is Oc1ccc(CCNC2CN3CCC2CC3)cc1. The number of aromatic hydroxyl groups is 1. The molecule has 0 aliphatic carbocycles. The number of phenols is 1. The second kappa shape index (κ2) is 5.29. The van der Waals surface area contributed by atoms with E-state index in [9.17, 15) is 5.11 Å². The molecule has 0 amide bonds. The van der Waals surface area contributed by atoms with E-state index in [1.165, 1.54) is 38.0 Å². The van der Waals surface area contributed by atoms with E-state index < -0.39 is 0 Å². The lowest BCUT2D eigenvalue weighted by Gasteiger charge is -2.45. The third kappa shape index (κ3) is 2.68. The Morgan fingerprint density at radius 2 is 1.89 bits per heavy atom. The molecular formula is C15H22N2O. The van der Waals surface area contributed by atoms with Gasteiger partial charge in [0.2, 0.25) is 0 Å². The lowest BCUT2D eigenvalue weighted by molar-refractivity contribution is 0.0731. The Kier molecular flexibility index (Phi) is 3.52. The normalized spacial score (nSPS) is 30.6. The molecule has 2 N–H and O–H groups in total. The molecule has 2 bridgehead atoms. The van der Waals surface area contributed by atoms with Crippen molar-refractivity contribution in [3.63, 3.8) is 0 Å². The Morgan fingerprint density at radius 1 is 1.17 bits per heavy atom. The molecule has 3 aliphatic rings. The van der Waals surface area contributed by atoms with Gasteiger partial charge in [-0.25, -0.2) is 0 Å². The minimum Gasteiger partial charge on any atom is -0.508 e. The highest BCUT2D eigenvalue weighted by Gasteiger charge is 2.33. The lowest BCUT2D eigenvalue weighted by atomic mass is 9.84.